The Hall–Kier alpha value is -1.51. The smallest absolute Gasteiger partial charge is 0.407 e. The molecule has 1 aliphatic rings. The molecule has 0 saturated heterocycles. The molecule has 3 heteroatoms. The molecule has 2 rings (SSSR count). The molecule has 0 heterocycles. The highest BCUT2D eigenvalue weighted by molar-refractivity contribution is 5.68. The molecule has 1 fully saturated rings. The van der Waals surface area contributed by atoms with Gasteiger partial charge in [-0.25, -0.2) is 4.79 Å². The molecular weight excluding hydrogens is 238 g/mol. The van der Waals surface area contributed by atoms with Crippen LogP contribution in [0.3, 0.4) is 0 Å². The van der Waals surface area contributed by atoms with E-state index in [2.05, 4.69) is 36.0 Å². The highest BCUT2D eigenvalue weighted by Crippen LogP contribution is 2.29. The average molecular weight is 260 g/mol. The molecule has 1 aromatic carbocycles. The van der Waals surface area contributed by atoms with E-state index in [1.54, 1.807) is 0 Å². The van der Waals surface area contributed by atoms with Crippen molar-refractivity contribution in [2.45, 2.75) is 45.3 Å². The summed E-state index contributed by atoms with van der Waals surface area (Å²) in [5, 5.41) is 2.87. The molecule has 103 valence electrons. The Morgan fingerprint density at radius 1 is 1.32 bits per heavy atom. The number of ether oxygens (including phenoxy) is 1. The van der Waals surface area contributed by atoms with E-state index in [0.717, 1.165) is 12.8 Å². The molecule has 1 saturated carbocycles. The van der Waals surface area contributed by atoms with E-state index in [9.17, 15) is 4.79 Å². The summed E-state index contributed by atoms with van der Waals surface area (Å²) in [6, 6.07) is 10.6. The highest BCUT2D eigenvalue weighted by atomic mass is 16.6. The van der Waals surface area contributed by atoms with Crippen LogP contribution in [0, 0.1) is 12.3 Å². The zero-order valence-electron chi connectivity index (χ0n) is 11.8. The average Bonchev–Trinajstić information content (AvgIpc) is 2.25. The predicted octanol–water partition coefficient (Wildman–Crippen LogP) is 3.35. The lowest BCUT2D eigenvalue weighted by Crippen LogP contribution is -2.47. The number of nitrogens with one attached hydrogen (secondary N) is 1. The molecule has 19 heavy (non-hydrogen) atoms. The zero-order chi connectivity index (χ0) is 13.9. The van der Waals surface area contributed by atoms with Gasteiger partial charge in [0.2, 0.25) is 0 Å². The van der Waals surface area contributed by atoms with Crippen LogP contribution in [0.2, 0.25) is 0 Å². The van der Waals surface area contributed by atoms with Crippen molar-refractivity contribution in [3.8, 4) is 0 Å². The first-order chi connectivity index (χ1) is 8.92. The minimum Gasteiger partial charge on any atom is -0.444 e. The van der Waals surface area contributed by atoms with Crippen molar-refractivity contribution in [3.05, 3.63) is 42.3 Å². The van der Waals surface area contributed by atoms with Crippen LogP contribution in [-0.2, 0) is 11.2 Å². The fourth-order valence-corrected chi connectivity index (χ4v) is 2.25. The lowest BCUT2D eigenvalue weighted by atomic mass is 9.77. The van der Waals surface area contributed by atoms with Gasteiger partial charge in [-0.2, -0.15) is 0 Å². The van der Waals surface area contributed by atoms with Crippen LogP contribution in [0.25, 0.3) is 0 Å². The molecule has 1 aromatic rings. The third kappa shape index (κ3) is 4.58. The van der Waals surface area contributed by atoms with Crippen LogP contribution in [0.1, 0.15) is 32.8 Å². The Bertz CT molecular complexity index is 416. The first-order valence-corrected chi connectivity index (χ1v) is 6.81. The summed E-state index contributed by atoms with van der Waals surface area (Å²) < 4.78 is 5.23. The fraction of sp³-hybridized carbons (Fsp3) is 0.500. The van der Waals surface area contributed by atoms with Crippen LogP contribution in [0.15, 0.2) is 30.3 Å². The van der Waals surface area contributed by atoms with Crippen LogP contribution in [-0.4, -0.2) is 17.7 Å². The van der Waals surface area contributed by atoms with Crippen molar-refractivity contribution in [2.24, 2.45) is 5.92 Å². The van der Waals surface area contributed by atoms with Gasteiger partial charge in [-0.05, 0) is 51.5 Å². The number of hydrogen-bond acceptors (Lipinski definition) is 2. The second kappa shape index (κ2) is 5.64. The first-order valence-electron chi connectivity index (χ1n) is 6.81. The Morgan fingerprint density at radius 2 is 1.95 bits per heavy atom. The molecule has 2 atom stereocenters. The molecule has 0 aliphatic heterocycles. The van der Waals surface area contributed by atoms with E-state index in [1.165, 1.54) is 5.56 Å². The van der Waals surface area contributed by atoms with Gasteiger partial charge in [0.15, 0.2) is 0 Å². The fourth-order valence-electron chi connectivity index (χ4n) is 2.25. The third-order valence-corrected chi connectivity index (χ3v) is 3.10. The number of rotatable bonds is 3. The van der Waals surface area contributed by atoms with Crippen molar-refractivity contribution >= 4 is 6.09 Å². The summed E-state index contributed by atoms with van der Waals surface area (Å²) in [7, 11) is 0. The minimum absolute atomic E-state index is 0.156. The van der Waals surface area contributed by atoms with Gasteiger partial charge < -0.3 is 10.1 Å². The lowest BCUT2D eigenvalue weighted by molar-refractivity contribution is 0.0486. The van der Waals surface area contributed by atoms with Crippen molar-refractivity contribution in [1.82, 2.24) is 5.32 Å². The number of carbonyl (C=O) groups excluding carboxylic acids is 1. The maximum absolute atomic E-state index is 11.6. The summed E-state index contributed by atoms with van der Waals surface area (Å²) in [6.45, 7) is 5.61. The standard InChI is InChI=1S/C16H22NO2/c1-16(2,3)19-15(18)17-14-10-13(11-14)9-12-7-5-4-6-8-12/h4-8,10,13-14H,9,11H2,1-3H3,(H,17,18). The Morgan fingerprint density at radius 3 is 2.53 bits per heavy atom. The Balaban J connectivity index is 1.68. The monoisotopic (exact) mass is 260 g/mol. The van der Waals surface area contributed by atoms with Crippen molar-refractivity contribution in [1.29, 1.82) is 0 Å². The van der Waals surface area contributed by atoms with Crippen LogP contribution in [0.5, 0.6) is 0 Å². The number of alkyl carbamates (subject to hydrolysis) is 1. The van der Waals surface area contributed by atoms with E-state index in [-0.39, 0.29) is 12.1 Å². The molecule has 1 aliphatic carbocycles. The van der Waals surface area contributed by atoms with Crippen molar-refractivity contribution < 1.29 is 9.53 Å². The van der Waals surface area contributed by atoms with Gasteiger partial charge in [-0.15, -0.1) is 0 Å². The highest BCUT2D eigenvalue weighted by Gasteiger charge is 2.31. The molecule has 3 nitrogen and oxygen atoms in total. The summed E-state index contributed by atoms with van der Waals surface area (Å²) >= 11 is 0. The van der Waals surface area contributed by atoms with E-state index in [0.29, 0.717) is 5.92 Å². The van der Waals surface area contributed by atoms with Gasteiger partial charge in [0.05, 0.1) is 0 Å². The largest absolute Gasteiger partial charge is 0.444 e. The van der Waals surface area contributed by atoms with Crippen molar-refractivity contribution in [2.75, 3.05) is 0 Å². The minimum atomic E-state index is -0.433. The summed E-state index contributed by atoms with van der Waals surface area (Å²) in [4.78, 5) is 11.6. The van der Waals surface area contributed by atoms with E-state index in [1.807, 2.05) is 26.8 Å². The summed E-state index contributed by atoms with van der Waals surface area (Å²) in [5.41, 5.74) is 0.913. The van der Waals surface area contributed by atoms with E-state index >= 15 is 0 Å². The van der Waals surface area contributed by atoms with E-state index in [4.69, 9.17) is 4.74 Å². The molecule has 0 bridgehead atoms. The number of benzene rings is 1. The number of hydrogen-bond donors (Lipinski definition) is 1. The van der Waals surface area contributed by atoms with E-state index < -0.39 is 5.60 Å². The SMILES string of the molecule is CC(C)(C)OC(=O)NC1[CH]C(Cc2ccccc2)C1. The Labute approximate surface area is 115 Å². The van der Waals surface area contributed by atoms with Gasteiger partial charge >= 0.3 is 6.09 Å². The maximum atomic E-state index is 11.6. The molecule has 1 radical (unpaired) electrons. The van der Waals surface area contributed by atoms with Crippen molar-refractivity contribution in [3.63, 3.8) is 0 Å². The summed E-state index contributed by atoms with van der Waals surface area (Å²) in [6.07, 6.45) is 3.91. The second-order valence-corrected chi connectivity index (χ2v) is 6.13. The molecule has 0 aromatic heterocycles. The zero-order valence-corrected chi connectivity index (χ0v) is 11.8. The van der Waals surface area contributed by atoms with Gasteiger partial charge in [0.25, 0.3) is 0 Å². The lowest BCUT2D eigenvalue weighted by Gasteiger charge is -2.36. The van der Waals surface area contributed by atoms with Gasteiger partial charge in [-0.1, -0.05) is 30.3 Å². The quantitative estimate of drug-likeness (QED) is 0.905. The topological polar surface area (TPSA) is 38.3 Å². The van der Waals surface area contributed by atoms with Crippen LogP contribution >= 0.6 is 0 Å². The normalized spacial score (nSPS) is 22.5. The van der Waals surface area contributed by atoms with Gasteiger partial charge in [-0.3, -0.25) is 0 Å². The first kappa shape index (κ1) is 13.9. The molecular formula is C16H22NO2. The van der Waals surface area contributed by atoms with Gasteiger partial charge in [0.1, 0.15) is 5.60 Å². The van der Waals surface area contributed by atoms with Gasteiger partial charge in [0, 0.05) is 6.04 Å². The third-order valence-electron chi connectivity index (χ3n) is 3.10. The number of amides is 1. The molecule has 0 spiro atoms. The Kier molecular flexibility index (Phi) is 4.13. The molecule has 1 N–H and O–H groups in total. The summed E-state index contributed by atoms with van der Waals surface area (Å²) in [5.74, 6) is 0.558. The number of carbonyl (C=O) groups is 1. The van der Waals surface area contributed by atoms with Crippen LogP contribution in [0.4, 0.5) is 4.79 Å². The molecule has 1 amide bonds. The predicted molar refractivity (Wildman–Crippen MR) is 75.7 cm³/mol. The second-order valence-electron chi connectivity index (χ2n) is 6.13. The van der Waals surface area contributed by atoms with Crippen LogP contribution < -0.4 is 5.32 Å². The maximum Gasteiger partial charge on any atom is 0.407 e. The molecule has 2 unspecified atom stereocenters.